The molecule has 1 N–H and O–H groups in total. The number of carbonyl (C=O) groups is 1. The number of para-hydroxylation sites is 1. The van der Waals surface area contributed by atoms with Gasteiger partial charge in [0.15, 0.2) is 0 Å². The van der Waals surface area contributed by atoms with Gasteiger partial charge in [-0.3, -0.25) is 9.69 Å². The molecule has 0 saturated carbocycles. The van der Waals surface area contributed by atoms with Crippen LogP contribution in [0.25, 0.3) is 20.8 Å². The number of amides is 1. The highest BCUT2D eigenvalue weighted by Gasteiger charge is 2.57. The lowest BCUT2D eigenvalue weighted by Gasteiger charge is -2.44. The van der Waals surface area contributed by atoms with Crippen LogP contribution in [0.15, 0.2) is 103 Å². The molecule has 2 aliphatic heterocycles. The number of anilines is 3. The minimum absolute atomic E-state index is 0.0664. The summed E-state index contributed by atoms with van der Waals surface area (Å²) in [5, 5.41) is 12.3. The van der Waals surface area contributed by atoms with Crippen LogP contribution in [0, 0.1) is 0 Å². The molecule has 0 unspecified atom stereocenters. The van der Waals surface area contributed by atoms with Crippen LogP contribution in [0.2, 0.25) is 0 Å². The van der Waals surface area contributed by atoms with Gasteiger partial charge in [0.05, 0.1) is 15.8 Å². The first-order chi connectivity index (χ1) is 23.9. The maximum absolute atomic E-state index is 14.8. The van der Waals surface area contributed by atoms with Crippen molar-refractivity contribution in [1.82, 2.24) is 4.98 Å². The quantitative estimate of drug-likeness (QED) is 0.175. The number of fused-ring (bicyclic) bond motifs is 7. The highest BCUT2D eigenvalue weighted by molar-refractivity contribution is 7.21. The van der Waals surface area contributed by atoms with Gasteiger partial charge in [0, 0.05) is 83.7 Å². The lowest BCUT2D eigenvalue weighted by molar-refractivity contribution is 0.0985. The summed E-state index contributed by atoms with van der Waals surface area (Å²) in [5.41, 5.74) is 6.42. The summed E-state index contributed by atoms with van der Waals surface area (Å²) in [5.74, 6) is 1.34. The highest BCUT2D eigenvalue weighted by atomic mass is 32.1. The van der Waals surface area contributed by atoms with Crippen LogP contribution in [-0.2, 0) is 5.54 Å². The van der Waals surface area contributed by atoms with Gasteiger partial charge in [-0.25, -0.2) is 4.98 Å². The van der Waals surface area contributed by atoms with Crippen molar-refractivity contribution < 1.29 is 14.6 Å². The van der Waals surface area contributed by atoms with Crippen molar-refractivity contribution in [3.05, 3.63) is 125 Å². The Morgan fingerprint density at radius 3 is 1.94 bits per heavy atom. The number of phenolic OH excluding ortho intramolecular Hbond substituents is 1. The fraction of sp³-hybridized carbons (Fsp3) is 0.220. The smallest absolute Gasteiger partial charge is 0.260 e. The largest absolute Gasteiger partial charge is 0.507 e. The van der Waals surface area contributed by atoms with Crippen molar-refractivity contribution in [3.8, 4) is 27.8 Å². The van der Waals surface area contributed by atoms with E-state index in [1.807, 2.05) is 59.5 Å². The molecule has 0 saturated heterocycles. The van der Waals surface area contributed by atoms with Crippen LogP contribution in [0.3, 0.4) is 0 Å². The number of aromatic nitrogens is 1. The zero-order valence-corrected chi connectivity index (χ0v) is 28.9. The Morgan fingerprint density at radius 2 is 1.33 bits per heavy atom. The average Bonchev–Trinajstić information content (AvgIpc) is 3.66. The van der Waals surface area contributed by atoms with E-state index in [-0.39, 0.29) is 11.7 Å². The summed E-state index contributed by atoms with van der Waals surface area (Å²) >= 11 is 1.53. The SMILES string of the molecule is CCN(CC)c1ccc2c(c1)Oc1cc(N(CC)CC)ccc1C21c2ccccc2C(=O)N1c1ccc(-c2nc3ccccc3s2)c(O)c1. The molecule has 3 heterocycles. The van der Waals surface area contributed by atoms with E-state index >= 15 is 0 Å². The molecule has 5 aromatic carbocycles. The number of hydrogen-bond donors (Lipinski definition) is 1. The Kier molecular flexibility index (Phi) is 7.56. The predicted molar refractivity (Wildman–Crippen MR) is 200 cm³/mol. The molecule has 8 rings (SSSR count). The standard InChI is InChI=1S/C41H38N4O3S/c1-5-43(6-2)26-18-21-32-36(24-26)48-37-25-27(44(7-3)8-4)19-22-33(37)41(32)31-14-10-9-13-29(31)40(47)45(41)28-17-20-30(35(46)23-28)39-42-34-15-11-12-16-38(34)49-39/h9-25,46H,5-8H2,1-4H3. The van der Waals surface area contributed by atoms with Gasteiger partial charge in [-0.2, -0.15) is 0 Å². The van der Waals surface area contributed by atoms with Crippen LogP contribution in [-0.4, -0.2) is 42.2 Å². The molecule has 6 aromatic rings. The van der Waals surface area contributed by atoms with Crippen LogP contribution in [0.1, 0.15) is 54.7 Å². The third-order valence-electron chi connectivity index (χ3n) is 10.0. The fourth-order valence-corrected chi connectivity index (χ4v) is 8.67. The number of ether oxygens (including phenoxy) is 1. The first kappa shape index (κ1) is 31.0. The van der Waals surface area contributed by atoms with Crippen LogP contribution >= 0.6 is 11.3 Å². The van der Waals surface area contributed by atoms with Gasteiger partial charge in [0.1, 0.15) is 27.8 Å². The molecule has 0 atom stereocenters. The van der Waals surface area contributed by atoms with Crippen LogP contribution in [0.4, 0.5) is 17.1 Å². The zero-order chi connectivity index (χ0) is 33.9. The third kappa shape index (κ3) is 4.61. The Morgan fingerprint density at radius 1 is 0.714 bits per heavy atom. The monoisotopic (exact) mass is 666 g/mol. The Hall–Kier alpha value is -5.34. The van der Waals surface area contributed by atoms with E-state index in [1.54, 1.807) is 6.07 Å². The summed E-state index contributed by atoms with van der Waals surface area (Å²) < 4.78 is 7.89. The topological polar surface area (TPSA) is 69.1 Å². The third-order valence-corrected chi connectivity index (χ3v) is 11.1. The second-order valence-corrected chi connectivity index (χ2v) is 13.4. The van der Waals surface area contributed by atoms with Gasteiger partial charge in [0.25, 0.3) is 5.91 Å². The van der Waals surface area contributed by atoms with Crippen molar-refractivity contribution in [3.63, 3.8) is 0 Å². The molecule has 7 nitrogen and oxygen atoms in total. The zero-order valence-electron chi connectivity index (χ0n) is 28.1. The number of hydrogen-bond acceptors (Lipinski definition) is 7. The molecule has 1 amide bonds. The number of phenols is 1. The minimum atomic E-state index is -1.05. The summed E-state index contributed by atoms with van der Waals surface area (Å²) in [4.78, 5) is 26.0. The second-order valence-electron chi connectivity index (χ2n) is 12.4. The van der Waals surface area contributed by atoms with E-state index < -0.39 is 5.54 Å². The second kappa shape index (κ2) is 12.0. The molecule has 1 aromatic heterocycles. The molecular formula is C41H38N4O3S. The predicted octanol–water partition coefficient (Wildman–Crippen LogP) is 9.42. The van der Waals surface area contributed by atoms with Gasteiger partial charge in [0.2, 0.25) is 0 Å². The van der Waals surface area contributed by atoms with Crippen molar-refractivity contribution in [2.45, 2.75) is 33.2 Å². The summed E-state index contributed by atoms with van der Waals surface area (Å²) in [6, 6.07) is 34.0. The lowest BCUT2D eigenvalue weighted by atomic mass is 9.74. The Balaban J connectivity index is 1.38. The summed E-state index contributed by atoms with van der Waals surface area (Å²) in [7, 11) is 0. The Labute approximate surface area is 290 Å². The van der Waals surface area contributed by atoms with E-state index in [9.17, 15) is 9.90 Å². The van der Waals surface area contributed by atoms with Crippen molar-refractivity contribution in [2.75, 3.05) is 40.9 Å². The molecule has 1 spiro atoms. The first-order valence-electron chi connectivity index (χ1n) is 17.0. The first-order valence-corrected chi connectivity index (χ1v) is 17.8. The number of benzene rings is 5. The van der Waals surface area contributed by atoms with Gasteiger partial charge >= 0.3 is 0 Å². The number of rotatable bonds is 8. The summed E-state index contributed by atoms with van der Waals surface area (Å²) in [6.45, 7) is 12.0. The van der Waals surface area contributed by atoms with Crippen LogP contribution in [0.5, 0.6) is 17.2 Å². The average molecular weight is 667 g/mol. The number of carbonyl (C=O) groups excluding carboxylic acids is 1. The molecule has 2 aliphatic rings. The molecule has 246 valence electrons. The highest BCUT2D eigenvalue weighted by Crippen LogP contribution is 2.59. The molecule has 0 bridgehead atoms. The van der Waals surface area contributed by atoms with Crippen molar-refractivity contribution in [2.24, 2.45) is 0 Å². The van der Waals surface area contributed by atoms with Gasteiger partial charge in [-0.05, 0) is 70.2 Å². The van der Waals surface area contributed by atoms with E-state index in [0.29, 0.717) is 28.3 Å². The van der Waals surface area contributed by atoms with Crippen molar-refractivity contribution >= 4 is 44.5 Å². The molecule has 8 heteroatoms. The minimum Gasteiger partial charge on any atom is -0.507 e. The maximum atomic E-state index is 14.8. The number of nitrogens with zero attached hydrogens (tertiary/aromatic N) is 4. The lowest BCUT2D eigenvalue weighted by Crippen LogP contribution is -2.47. The normalized spacial score (nSPS) is 14.0. The van der Waals surface area contributed by atoms with Crippen molar-refractivity contribution in [1.29, 1.82) is 0 Å². The number of thiazole rings is 1. The van der Waals surface area contributed by atoms with Gasteiger partial charge in [-0.1, -0.05) is 42.5 Å². The van der Waals surface area contributed by atoms with E-state index in [4.69, 9.17) is 9.72 Å². The maximum Gasteiger partial charge on any atom is 0.260 e. The molecule has 0 fully saturated rings. The molecular weight excluding hydrogens is 629 g/mol. The van der Waals surface area contributed by atoms with Crippen LogP contribution < -0.4 is 19.4 Å². The fourth-order valence-electron chi connectivity index (χ4n) is 7.67. The molecule has 0 aliphatic carbocycles. The summed E-state index contributed by atoms with van der Waals surface area (Å²) in [6.07, 6.45) is 0. The van der Waals surface area contributed by atoms with E-state index in [0.717, 1.165) is 69.5 Å². The molecule has 0 radical (unpaired) electrons. The van der Waals surface area contributed by atoms with Gasteiger partial charge < -0.3 is 19.6 Å². The number of aromatic hydroxyl groups is 1. The molecule has 49 heavy (non-hydrogen) atoms. The van der Waals surface area contributed by atoms with Gasteiger partial charge in [-0.15, -0.1) is 11.3 Å². The van der Waals surface area contributed by atoms with E-state index in [2.05, 4.69) is 80.0 Å². The van der Waals surface area contributed by atoms with E-state index in [1.165, 1.54) is 11.3 Å². The Bertz CT molecular complexity index is 2140.